The summed E-state index contributed by atoms with van der Waals surface area (Å²) in [6, 6.07) is 12.9. The average Bonchev–Trinajstić information content (AvgIpc) is 3.43. The SMILES string of the molecule is Cc1cc(CC(=O)Nc2cnn(C(C)(C)C)c2)ccc1Oc1ccnc2ccc(S(=O)(=O)C3CCN(C4COC4)CC3)cc12.F.[HH]. The molecule has 2 aliphatic heterocycles. The number of amides is 1. The van der Waals surface area contributed by atoms with Gasteiger partial charge < -0.3 is 14.8 Å². The first-order chi connectivity index (χ1) is 21.0. The van der Waals surface area contributed by atoms with Gasteiger partial charge in [-0.2, -0.15) is 5.10 Å². The molecule has 2 aromatic carbocycles. The third kappa shape index (κ3) is 7.03. The van der Waals surface area contributed by atoms with Crippen LogP contribution in [0.5, 0.6) is 11.5 Å². The minimum Gasteiger partial charge on any atom is -0.456 e. The maximum absolute atomic E-state index is 13.7. The molecule has 0 unspecified atom stereocenters. The number of hydrogen-bond acceptors (Lipinski definition) is 8. The van der Waals surface area contributed by atoms with Crippen LogP contribution in [0.2, 0.25) is 0 Å². The van der Waals surface area contributed by atoms with Gasteiger partial charge in [-0.25, -0.2) is 8.42 Å². The number of likely N-dealkylation sites (tertiary alicyclic amines) is 1. The van der Waals surface area contributed by atoms with E-state index in [1.165, 1.54) is 0 Å². The summed E-state index contributed by atoms with van der Waals surface area (Å²) in [7, 11) is -3.52. The maximum Gasteiger partial charge on any atom is 0.228 e. The Morgan fingerprint density at radius 2 is 1.84 bits per heavy atom. The van der Waals surface area contributed by atoms with E-state index in [0.717, 1.165) is 37.4 Å². The number of aromatic nitrogens is 3. The van der Waals surface area contributed by atoms with E-state index in [-0.39, 0.29) is 24.0 Å². The standard InChI is InChI=1S/C33H39N5O5S.FH.H2/c1-22-15-23(16-32(39)36-24-18-35-38(19-24)33(2,3)4)5-8-30(22)43-31-9-12-34-29-7-6-27(17-28(29)31)44(40,41)26-10-13-37(14-11-26)25-20-42-21-25;;/h5-9,12,15,17-19,25-26H,10-11,13-14,16,20-21H2,1-4H3,(H,36,39);2*1H. The summed E-state index contributed by atoms with van der Waals surface area (Å²) in [5.41, 5.74) is 2.84. The molecular weight excluding hydrogens is 597 g/mol. The summed E-state index contributed by atoms with van der Waals surface area (Å²) in [6.07, 6.45) is 6.55. The molecule has 242 valence electrons. The second-order valence-corrected chi connectivity index (χ2v) is 15.0. The molecule has 2 saturated heterocycles. The van der Waals surface area contributed by atoms with Crippen LogP contribution in [-0.2, 0) is 31.3 Å². The van der Waals surface area contributed by atoms with Crippen molar-refractivity contribution in [1.29, 1.82) is 0 Å². The Morgan fingerprint density at radius 3 is 2.49 bits per heavy atom. The summed E-state index contributed by atoms with van der Waals surface area (Å²) in [5, 5.41) is 7.46. The Kier molecular flexibility index (Phi) is 9.29. The van der Waals surface area contributed by atoms with Gasteiger partial charge in [-0.1, -0.05) is 12.1 Å². The van der Waals surface area contributed by atoms with Crippen molar-refractivity contribution in [2.45, 2.75) is 68.7 Å². The second-order valence-electron chi connectivity index (χ2n) is 12.7. The van der Waals surface area contributed by atoms with E-state index in [2.05, 4.69) is 20.3 Å². The lowest BCUT2D eigenvalue weighted by Crippen LogP contribution is -2.53. The molecule has 10 nitrogen and oxygen atoms in total. The van der Waals surface area contributed by atoms with Gasteiger partial charge >= 0.3 is 0 Å². The molecule has 0 bridgehead atoms. The van der Waals surface area contributed by atoms with E-state index in [1.807, 2.05) is 56.8 Å². The number of rotatable bonds is 8. The summed E-state index contributed by atoms with van der Waals surface area (Å²) in [5.74, 6) is 1.01. The minimum absolute atomic E-state index is 0. The van der Waals surface area contributed by atoms with E-state index in [0.29, 0.717) is 51.9 Å². The van der Waals surface area contributed by atoms with Crippen LogP contribution in [0.3, 0.4) is 0 Å². The van der Waals surface area contributed by atoms with Gasteiger partial charge in [-0.05, 0) is 95.1 Å². The van der Waals surface area contributed by atoms with Crippen LogP contribution in [0, 0.1) is 6.92 Å². The van der Waals surface area contributed by atoms with E-state index < -0.39 is 15.1 Å². The average molecular weight is 640 g/mol. The molecule has 0 saturated carbocycles. The van der Waals surface area contributed by atoms with Crippen LogP contribution in [0.15, 0.2) is 66.0 Å². The zero-order valence-electron chi connectivity index (χ0n) is 26.0. The Morgan fingerprint density at radius 1 is 1.09 bits per heavy atom. The van der Waals surface area contributed by atoms with Crippen LogP contribution in [-0.4, -0.2) is 71.6 Å². The van der Waals surface area contributed by atoms with Crippen LogP contribution in [0.1, 0.15) is 46.2 Å². The van der Waals surface area contributed by atoms with Gasteiger partial charge in [0.05, 0.1) is 58.8 Å². The summed E-state index contributed by atoms with van der Waals surface area (Å²) in [6.45, 7) is 11.1. The minimum atomic E-state index is -3.52. The fraction of sp³-hybridized carbons (Fsp3) is 0.424. The lowest BCUT2D eigenvalue weighted by atomic mass is 10.1. The van der Waals surface area contributed by atoms with Crippen LogP contribution < -0.4 is 10.1 Å². The van der Waals surface area contributed by atoms with Crippen LogP contribution >= 0.6 is 0 Å². The predicted molar refractivity (Wildman–Crippen MR) is 174 cm³/mol. The van der Waals surface area contributed by atoms with Gasteiger partial charge in [-0.15, -0.1) is 0 Å². The molecule has 0 aliphatic carbocycles. The molecule has 45 heavy (non-hydrogen) atoms. The Labute approximate surface area is 264 Å². The molecule has 0 radical (unpaired) electrons. The molecule has 2 fully saturated rings. The zero-order chi connectivity index (χ0) is 31.1. The number of anilines is 1. The third-order valence-corrected chi connectivity index (χ3v) is 10.7. The van der Waals surface area contributed by atoms with Gasteiger partial charge in [-0.3, -0.25) is 24.1 Å². The van der Waals surface area contributed by atoms with E-state index in [4.69, 9.17) is 9.47 Å². The molecule has 0 spiro atoms. The zero-order valence-corrected chi connectivity index (χ0v) is 26.8. The largest absolute Gasteiger partial charge is 0.456 e. The number of nitrogens with one attached hydrogen (secondary N) is 1. The van der Waals surface area contributed by atoms with Crippen molar-refractivity contribution in [2.24, 2.45) is 0 Å². The van der Waals surface area contributed by atoms with Gasteiger partial charge in [0, 0.05) is 19.2 Å². The number of carbonyl (C=O) groups excluding carboxylic acids is 1. The first-order valence-electron chi connectivity index (χ1n) is 15.0. The number of sulfone groups is 1. The molecule has 0 atom stereocenters. The molecule has 12 heteroatoms. The van der Waals surface area contributed by atoms with Crippen molar-refractivity contribution in [3.63, 3.8) is 0 Å². The van der Waals surface area contributed by atoms with Gasteiger partial charge in [0.15, 0.2) is 9.84 Å². The summed E-state index contributed by atoms with van der Waals surface area (Å²) < 4.78 is 40.8. The number of hydrogen-bond donors (Lipinski definition) is 1. The third-order valence-electron chi connectivity index (χ3n) is 8.43. The Balaban J connectivity index is 0.00000240. The highest BCUT2D eigenvalue weighted by Gasteiger charge is 2.35. The van der Waals surface area contributed by atoms with Crippen LogP contribution in [0.4, 0.5) is 10.4 Å². The molecule has 4 heterocycles. The maximum atomic E-state index is 13.7. The number of ether oxygens (including phenoxy) is 2. The van der Waals surface area contributed by atoms with Crippen molar-refractivity contribution < 1.29 is 28.8 Å². The molecule has 2 aliphatic rings. The van der Waals surface area contributed by atoms with E-state index in [1.54, 1.807) is 36.7 Å². The van der Waals surface area contributed by atoms with Crippen molar-refractivity contribution in [3.05, 3.63) is 72.2 Å². The summed E-state index contributed by atoms with van der Waals surface area (Å²) >= 11 is 0. The Bertz CT molecular complexity index is 1800. The van der Waals surface area contributed by atoms with Crippen molar-refractivity contribution in [1.82, 2.24) is 19.7 Å². The normalized spacial score (nSPS) is 16.6. The number of halogens is 1. The fourth-order valence-electron chi connectivity index (χ4n) is 5.74. The van der Waals surface area contributed by atoms with Gasteiger partial charge in [0.1, 0.15) is 11.5 Å². The van der Waals surface area contributed by atoms with Gasteiger partial charge in [0.25, 0.3) is 0 Å². The molecule has 2 aromatic heterocycles. The van der Waals surface area contributed by atoms with E-state index >= 15 is 0 Å². The molecule has 4 aromatic rings. The monoisotopic (exact) mass is 639 g/mol. The fourth-order valence-corrected chi connectivity index (χ4v) is 7.50. The van der Waals surface area contributed by atoms with Crippen molar-refractivity contribution in [2.75, 3.05) is 31.6 Å². The van der Waals surface area contributed by atoms with E-state index in [9.17, 15) is 13.2 Å². The van der Waals surface area contributed by atoms with Gasteiger partial charge in [0.2, 0.25) is 5.91 Å². The Hall–Kier alpha value is -3.87. The quantitative estimate of drug-likeness (QED) is 0.269. The lowest BCUT2D eigenvalue weighted by Gasteiger charge is -2.41. The summed E-state index contributed by atoms with van der Waals surface area (Å²) in [4.78, 5) is 19.8. The van der Waals surface area contributed by atoms with Crippen molar-refractivity contribution in [3.8, 4) is 11.5 Å². The number of pyridine rings is 1. The smallest absolute Gasteiger partial charge is 0.228 e. The number of aryl methyl sites for hydroxylation is 1. The van der Waals surface area contributed by atoms with Crippen molar-refractivity contribution >= 4 is 32.3 Å². The lowest BCUT2D eigenvalue weighted by molar-refractivity contribution is -0.115. The number of carbonyl (C=O) groups is 1. The highest BCUT2D eigenvalue weighted by molar-refractivity contribution is 7.92. The highest BCUT2D eigenvalue weighted by Crippen LogP contribution is 2.34. The number of nitrogens with zero attached hydrogens (tertiary/aromatic N) is 4. The first kappa shape index (κ1) is 32.5. The first-order valence-corrected chi connectivity index (χ1v) is 16.6. The predicted octanol–water partition coefficient (Wildman–Crippen LogP) is 5.50. The molecule has 1 N–H and O–H groups in total. The number of benzene rings is 2. The van der Waals surface area contributed by atoms with Crippen LogP contribution in [0.25, 0.3) is 10.9 Å². The molecule has 6 rings (SSSR count). The topological polar surface area (TPSA) is 116 Å². The molecular formula is C33H42FN5O5S. The molecule has 1 amide bonds. The second kappa shape index (κ2) is 12.9. The number of fused-ring (bicyclic) bond motifs is 1. The highest BCUT2D eigenvalue weighted by atomic mass is 32.2. The number of piperidine rings is 1.